The second kappa shape index (κ2) is 61.6. The minimum absolute atomic E-state index is 0.0958. The van der Waals surface area contributed by atoms with Crippen molar-refractivity contribution in [2.75, 3.05) is 13.2 Å². The number of ether oxygens (including phenoxy) is 3. The van der Waals surface area contributed by atoms with Gasteiger partial charge in [-0.15, -0.1) is 0 Å². The van der Waals surface area contributed by atoms with E-state index in [2.05, 4.69) is 130 Å². The van der Waals surface area contributed by atoms with Gasteiger partial charge >= 0.3 is 17.9 Å². The Morgan fingerprint density at radius 2 is 0.541 bits per heavy atom. The van der Waals surface area contributed by atoms with Crippen LogP contribution in [0.15, 0.2) is 109 Å². The van der Waals surface area contributed by atoms with Crippen LogP contribution in [0.3, 0.4) is 0 Å². The maximum absolute atomic E-state index is 12.9. The molecule has 74 heavy (non-hydrogen) atoms. The van der Waals surface area contributed by atoms with Gasteiger partial charge < -0.3 is 14.2 Å². The van der Waals surface area contributed by atoms with Gasteiger partial charge in [0.2, 0.25) is 0 Å². The third-order valence-corrected chi connectivity index (χ3v) is 13.0. The van der Waals surface area contributed by atoms with Gasteiger partial charge in [-0.3, -0.25) is 14.4 Å². The van der Waals surface area contributed by atoms with Gasteiger partial charge in [0.05, 0.1) is 0 Å². The lowest BCUT2D eigenvalue weighted by Crippen LogP contribution is -2.30. The van der Waals surface area contributed by atoms with Gasteiger partial charge in [0.1, 0.15) is 13.2 Å². The van der Waals surface area contributed by atoms with E-state index in [-0.39, 0.29) is 31.1 Å². The van der Waals surface area contributed by atoms with Crippen molar-refractivity contribution >= 4 is 17.9 Å². The van der Waals surface area contributed by atoms with Crippen molar-refractivity contribution in [2.24, 2.45) is 0 Å². The average molecular weight is 1030 g/mol. The van der Waals surface area contributed by atoms with E-state index in [1.165, 1.54) is 109 Å². The van der Waals surface area contributed by atoms with Crippen LogP contribution in [0, 0.1) is 0 Å². The molecule has 0 aliphatic rings. The standard InChI is InChI=1S/C68H114O6/c1-4-7-10-13-16-19-22-25-28-30-31-32-33-34-35-36-37-39-40-43-46-49-52-55-58-61-67(70)73-64-65(63-72-66(69)60-57-54-51-48-45-42-27-24-21-18-15-12-9-6-3)74-68(71)62-59-56-53-50-47-44-41-38-29-26-23-20-17-14-11-8-5-2/h8,11,15,17-18,20,22,24-27,29-31,33-34,41,44,65H,4-7,9-10,12-14,16,19,21,23,28,32,35-40,42-43,45-64H2,1-3H3/b11-8-,18-15-,20-17-,25-22-,27-24-,29-26-,31-30-,34-33-,44-41-. The Kier molecular flexibility index (Phi) is 58.3. The molecule has 0 aliphatic heterocycles. The van der Waals surface area contributed by atoms with E-state index in [0.29, 0.717) is 19.3 Å². The second-order valence-electron chi connectivity index (χ2n) is 20.2. The molecule has 0 saturated heterocycles. The highest BCUT2D eigenvalue weighted by Crippen LogP contribution is 2.15. The molecular formula is C68H114O6. The summed E-state index contributed by atoms with van der Waals surface area (Å²) in [5, 5.41) is 0. The Bertz CT molecular complexity index is 1510. The van der Waals surface area contributed by atoms with Crippen molar-refractivity contribution in [1.82, 2.24) is 0 Å². The van der Waals surface area contributed by atoms with Crippen molar-refractivity contribution in [2.45, 2.75) is 290 Å². The van der Waals surface area contributed by atoms with Gasteiger partial charge in [-0.25, -0.2) is 0 Å². The second-order valence-corrected chi connectivity index (χ2v) is 20.2. The van der Waals surface area contributed by atoms with Crippen LogP contribution in [0.5, 0.6) is 0 Å². The summed E-state index contributed by atoms with van der Waals surface area (Å²) in [6.07, 6.45) is 83.7. The van der Waals surface area contributed by atoms with Gasteiger partial charge in [0.15, 0.2) is 6.10 Å². The molecule has 0 fully saturated rings. The Balaban J connectivity index is 4.38. The van der Waals surface area contributed by atoms with E-state index < -0.39 is 6.10 Å². The topological polar surface area (TPSA) is 78.9 Å². The fraction of sp³-hybridized carbons (Fsp3) is 0.691. The first kappa shape index (κ1) is 70.1. The summed E-state index contributed by atoms with van der Waals surface area (Å²) in [5.41, 5.74) is 0. The lowest BCUT2D eigenvalue weighted by Gasteiger charge is -2.18. The highest BCUT2D eigenvalue weighted by atomic mass is 16.6. The van der Waals surface area contributed by atoms with Crippen LogP contribution >= 0.6 is 0 Å². The summed E-state index contributed by atoms with van der Waals surface area (Å²) in [6.45, 7) is 6.45. The lowest BCUT2D eigenvalue weighted by atomic mass is 10.1. The van der Waals surface area contributed by atoms with Crippen LogP contribution in [0.2, 0.25) is 0 Å². The maximum Gasteiger partial charge on any atom is 0.306 e. The predicted molar refractivity (Wildman–Crippen MR) is 320 cm³/mol. The van der Waals surface area contributed by atoms with Gasteiger partial charge in [-0.1, -0.05) is 252 Å². The quantitative estimate of drug-likeness (QED) is 0.0261. The first-order chi connectivity index (χ1) is 36.5. The normalized spacial score (nSPS) is 12.9. The fourth-order valence-electron chi connectivity index (χ4n) is 8.34. The third-order valence-electron chi connectivity index (χ3n) is 13.0. The molecule has 0 heterocycles. The van der Waals surface area contributed by atoms with E-state index in [9.17, 15) is 14.4 Å². The maximum atomic E-state index is 12.9. The largest absolute Gasteiger partial charge is 0.462 e. The van der Waals surface area contributed by atoms with Crippen LogP contribution in [0.25, 0.3) is 0 Å². The molecule has 0 N–H and O–H groups in total. The Hall–Kier alpha value is -3.93. The molecular weight excluding hydrogens is 913 g/mol. The molecule has 422 valence electrons. The van der Waals surface area contributed by atoms with E-state index in [4.69, 9.17) is 14.2 Å². The molecule has 0 saturated carbocycles. The van der Waals surface area contributed by atoms with Crippen molar-refractivity contribution in [3.05, 3.63) is 109 Å². The summed E-state index contributed by atoms with van der Waals surface area (Å²) in [4.78, 5) is 38.2. The smallest absolute Gasteiger partial charge is 0.306 e. The zero-order chi connectivity index (χ0) is 53.6. The van der Waals surface area contributed by atoms with Crippen LogP contribution < -0.4 is 0 Å². The van der Waals surface area contributed by atoms with E-state index in [0.717, 1.165) is 135 Å². The van der Waals surface area contributed by atoms with Gasteiger partial charge in [0.25, 0.3) is 0 Å². The number of unbranched alkanes of at least 4 members (excludes halogenated alkanes) is 26. The SMILES string of the molecule is CC/C=C\C/C=C\C/C=C\C/C=C\CCCCCCC(=O)OC(COC(=O)CCCCCCC/C=C\C/C=C\CCCC)COC(=O)CCCCCCCCCCCC/C=C\C/C=C\C/C=C\CCCCCCC. The molecule has 0 radical (unpaired) electrons. The molecule has 0 aliphatic carbocycles. The number of rotatable bonds is 55. The first-order valence-electron chi connectivity index (χ1n) is 30.9. The average Bonchev–Trinajstić information content (AvgIpc) is 3.40. The van der Waals surface area contributed by atoms with Crippen LogP contribution in [0.1, 0.15) is 284 Å². The minimum atomic E-state index is -0.801. The number of carbonyl (C=O) groups excluding carboxylic acids is 3. The molecule has 0 bridgehead atoms. The summed E-state index contributed by atoms with van der Waals surface area (Å²) in [6, 6.07) is 0. The molecule has 0 aromatic heterocycles. The van der Waals surface area contributed by atoms with Crippen LogP contribution in [-0.4, -0.2) is 37.2 Å². The van der Waals surface area contributed by atoms with E-state index in [1.54, 1.807) is 0 Å². The lowest BCUT2D eigenvalue weighted by molar-refractivity contribution is -0.167. The summed E-state index contributed by atoms with van der Waals surface area (Å²) < 4.78 is 16.9. The minimum Gasteiger partial charge on any atom is -0.462 e. The zero-order valence-corrected chi connectivity index (χ0v) is 48.3. The molecule has 1 unspecified atom stereocenters. The van der Waals surface area contributed by atoms with Crippen LogP contribution in [0.4, 0.5) is 0 Å². The fourth-order valence-corrected chi connectivity index (χ4v) is 8.34. The molecule has 6 heteroatoms. The molecule has 0 aromatic rings. The van der Waals surface area contributed by atoms with Crippen molar-refractivity contribution in [1.29, 1.82) is 0 Å². The van der Waals surface area contributed by atoms with E-state index in [1.807, 2.05) is 0 Å². The number of carbonyl (C=O) groups is 3. The predicted octanol–water partition coefficient (Wildman–Crippen LogP) is 21.0. The Morgan fingerprint density at radius 3 is 0.865 bits per heavy atom. The molecule has 1 atom stereocenters. The van der Waals surface area contributed by atoms with Crippen molar-refractivity contribution < 1.29 is 28.6 Å². The Labute approximate surface area is 457 Å². The van der Waals surface area contributed by atoms with Gasteiger partial charge in [-0.2, -0.15) is 0 Å². The number of hydrogen-bond acceptors (Lipinski definition) is 6. The third kappa shape index (κ3) is 59.0. The summed E-state index contributed by atoms with van der Waals surface area (Å²) in [7, 11) is 0. The number of hydrogen-bond donors (Lipinski definition) is 0. The highest BCUT2D eigenvalue weighted by molar-refractivity contribution is 5.71. The van der Waals surface area contributed by atoms with Crippen LogP contribution in [-0.2, 0) is 28.6 Å². The molecule has 0 amide bonds. The highest BCUT2D eigenvalue weighted by Gasteiger charge is 2.19. The van der Waals surface area contributed by atoms with Crippen molar-refractivity contribution in [3.8, 4) is 0 Å². The molecule has 6 nitrogen and oxygen atoms in total. The number of esters is 3. The van der Waals surface area contributed by atoms with Crippen molar-refractivity contribution in [3.63, 3.8) is 0 Å². The molecule has 0 spiro atoms. The monoisotopic (exact) mass is 1030 g/mol. The summed E-state index contributed by atoms with van der Waals surface area (Å²) in [5.74, 6) is -0.934. The van der Waals surface area contributed by atoms with E-state index >= 15 is 0 Å². The Morgan fingerprint density at radius 1 is 0.284 bits per heavy atom. The van der Waals surface area contributed by atoms with Gasteiger partial charge in [0, 0.05) is 19.3 Å². The molecule has 0 aromatic carbocycles. The van der Waals surface area contributed by atoms with Gasteiger partial charge in [-0.05, 0) is 122 Å². The molecule has 0 rings (SSSR count). The zero-order valence-electron chi connectivity index (χ0n) is 48.3. The first-order valence-corrected chi connectivity index (χ1v) is 30.9. The summed E-state index contributed by atoms with van der Waals surface area (Å²) >= 11 is 0. The number of allylic oxidation sites excluding steroid dienone is 18.